The van der Waals surface area contributed by atoms with Gasteiger partial charge in [0.05, 0.1) is 5.25 Å². The van der Waals surface area contributed by atoms with Crippen molar-refractivity contribution in [1.82, 2.24) is 0 Å². The standard InChI is InChI=1S/C15H12OS.3CO.Cr/c16-14(11-6-2-1-3-7-11)15-13-9-5-4-8-12(13)10-17-15;3*1-2;/h1-9,15H,10H2;;;;/t15-;;;;/m1..../s1. The number of hydrogen-bond acceptors (Lipinski definition) is 2. The van der Waals surface area contributed by atoms with Gasteiger partial charge in [-0.25, -0.2) is 0 Å². The predicted molar refractivity (Wildman–Crippen MR) is 83.0 cm³/mol. The number of carbonyl (C=O) groups is 1. The van der Waals surface area contributed by atoms with Gasteiger partial charge in [-0.15, -0.1) is 11.8 Å². The van der Waals surface area contributed by atoms with Gasteiger partial charge in [0, 0.05) is 28.7 Å². The molecule has 120 valence electrons. The van der Waals surface area contributed by atoms with Gasteiger partial charge in [0.1, 0.15) is 0 Å². The van der Waals surface area contributed by atoms with E-state index in [0.717, 1.165) is 11.3 Å². The monoisotopic (exact) mass is 376 g/mol. The Bertz CT molecular complexity index is 666. The Morgan fingerprint density at radius 2 is 1.38 bits per heavy atom. The van der Waals surface area contributed by atoms with Crippen molar-refractivity contribution in [2.75, 3.05) is 0 Å². The molecule has 0 spiro atoms. The van der Waals surface area contributed by atoms with Crippen LogP contribution in [0, 0.1) is 20.0 Å². The van der Waals surface area contributed by atoms with E-state index in [2.05, 4.69) is 32.1 Å². The van der Waals surface area contributed by atoms with Gasteiger partial charge in [-0.3, -0.25) is 4.79 Å². The molecule has 24 heavy (non-hydrogen) atoms. The van der Waals surface area contributed by atoms with Gasteiger partial charge in [-0.2, -0.15) is 0 Å². The first-order valence-electron chi connectivity index (χ1n) is 6.26. The molecule has 0 fully saturated rings. The van der Waals surface area contributed by atoms with E-state index in [1.54, 1.807) is 11.8 Å². The van der Waals surface area contributed by atoms with Crippen molar-refractivity contribution in [2.45, 2.75) is 11.0 Å². The van der Waals surface area contributed by atoms with Crippen molar-refractivity contribution >= 4 is 17.5 Å². The van der Waals surface area contributed by atoms with Gasteiger partial charge in [0.15, 0.2) is 5.78 Å². The van der Waals surface area contributed by atoms with Gasteiger partial charge in [-0.1, -0.05) is 54.6 Å². The summed E-state index contributed by atoms with van der Waals surface area (Å²) in [6.07, 6.45) is 0. The summed E-state index contributed by atoms with van der Waals surface area (Å²) < 4.78 is 22.5. The molecule has 2 aromatic carbocycles. The Kier molecular flexibility index (Phi) is 15.1. The summed E-state index contributed by atoms with van der Waals surface area (Å²) in [6.45, 7) is 13.5. The Balaban J connectivity index is 0. The number of carbonyl (C=O) groups excluding carboxylic acids is 1. The van der Waals surface area contributed by atoms with Gasteiger partial charge in [-0.05, 0) is 11.1 Å². The third-order valence-electron chi connectivity index (χ3n) is 3.04. The van der Waals surface area contributed by atoms with E-state index in [0.29, 0.717) is 0 Å². The summed E-state index contributed by atoms with van der Waals surface area (Å²) in [6, 6.07) is 17.8. The first-order chi connectivity index (χ1) is 11.4. The normalized spacial score (nSPS) is 12.8. The molecule has 3 rings (SSSR count). The fourth-order valence-electron chi connectivity index (χ4n) is 2.16. The summed E-state index contributed by atoms with van der Waals surface area (Å²) in [4.78, 5) is 12.4. The number of hydrogen-bond donors (Lipinski definition) is 0. The average Bonchev–Trinajstić information content (AvgIpc) is 3.11. The third kappa shape index (κ3) is 6.37. The maximum Gasteiger partial charge on any atom is 0 e. The van der Waals surface area contributed by atoms with Crippen molar-refractivity contribution in [1.29, 1.82) is 0 Å². The molecule has 0 bridgehead atoms. The Morgan fingerprint density at radius 3 is 1.96 bits per heavy atom. The fourth-order valence-corrected chi connectivity index (χ4v) is 3.46. The molecule has 0 aliphatic carbocycles. The minimum atomic E-state index is -0.0198. The van der Waals surface area contributed by atoms with Crippen LogP contribution >= 0.6 is 11.8 Å². The number of fused-ring (bicyclic) bond motifs is 1. The molecule has 0 saturated carbocycles. The second-order valence-corrected chi connectivity index (χ2v) is 5.21. The van der Waals surface area contributed by atoms with Crippen LogP contribution in [0.4, 0.5) is 0 Å². The molecular weight excluding hydrogens is 364 g/mol. The van der Waals surface area contributed by atoms with E-state index >= 15 is 0 Å². The number of ketones is 1. The van der Waals surface area contributed by atoms with Crippen LogP contribution in [0.1, 0.15) is 26.7 Å². The summed E-state index contributed by atoms with van der Waals surface area (Å²) in [5.74, 6) is 1.17. The minimum absolute atomic E-state index is 0. The topological polar surface area (TPSA) is 76.8 Å². The SMILES string of the molecule is O=C(c1ccccc1)[C@@H]1SCc2ccccc21.[C-]#[O+].[C-]#[O+].[C-]#[O+].[Cr]. The number of benzene rings is 2. The molecule has 6 heteroatoms. The molecule has 1 heterocycles. The van der Waals surface area contributed by atoms with Crippen LogP contribution in [-0.2, 0) is 37.1 Å². The van der Waals surface area contributed by atoms with E-state index in [-0.39, 0.29) is 28.4 Å². The zero-order valence-electron chi connectivity index (χ0n) is 12.4. The summed E-state index contributed by atoms with van der Waals surface area (Å²) in [5, 5.41) is -0.0198. The molecule has 1 atom stereocenters. The molecule has 0 amide bonds. The molecule has 0 radical (unpaired) electrons. The molecular formula is C18H12CrO4S. The van der Waals surface area contributed by atoms with Crippen molar-refractivity contribution in [3.05, 3.63) is 91.2 Å². The molecule has 4 nitrogen and oxygen atoms in total. The second kappa shape index (κ2) is 14.8. The van der Waals surface area contributed by atoms with Crippen LogP contribution in [0.2, 0.25) is 0 Å². The number of thioether (sulfide) groups is 1. The molecule has 0 saturated heterocycles. The number of rotatable bonds is 2. The molecule has 1 aliphatic heterocycles. The molecule has 2 aromatic rings. The average molecular weight is 376 g/mol. The summed E-state index contributed by atoms with van der Waals surface area (Å²) in [5.41, 5.74) is 3.29. The smallest absolute Gasteiger partial charge is 0 e. The van der Waals surface area contributed by atoms with E-state index in [1.807, 2.05) is 42.5 Å². The summed E-state index contributed by atoms with van der Waals surface area (Å²) in [7, 11) is 0. The van der Waals surface area contributed by atoms with Crippen molar-refractivity contribution in [3.63, 3.8) is 0 Å². The largest absolute Gasteiger partial charge is 0 e. The van der Waals surface area contributed by atoms with E-state index in [9.17, 15) is 4.79 Å². The van der Waals surface area contributed by atoms with Crippen LogP contribution in [0.3, 0.4) is 0 Å². The van der Waals surface area contributed by atoms with Crippen molar-refractivity contribution in [2.24, 2.45) is 0 Å². The molecule has 1 aliphatic rings. The zero-order valence-corrected chi connectivity index (χ0v) is 14.5. The van der Waals surface area contributed by atoms with Gasteiger partial charge >= 0.3 is 33.9 Å². The van der Waals surface area contributed by atoms with Gasteiger partial charge < -0.3 is 0 Å². The van der Waals surface area contributed by atoms with Crippen molar-refractivity contribution < 1.29 is 36.1 Å². The number of Topliss-reactive ketones (excluding diaryl/α,β-unsaturated/α-hetero) is 1. The molecule has 0 aromatic heterocycles. The van der Waals surface area contributed by atoms with E-state index in [1.165, 1.54) is 11.1 Å². The van der Waals surface area contributed by atoms with Crippen LogP contribution in [0.15, 0.2) is 54.6 Å². The molecule has 0 N–H and O–H groups in total. The second-order valence-electron chi connectivity index (χ2n) is 4.12. The predicted octanol–water partition coefficient (Wildman–Crippen LogP) is 3.74. The zero-order chi connectivity index (χ0) is 17.7. The Hall–Kier alpha value is -1.79. The first kappa shape index (κ1) is 24.5. The minimum Gasteiger partial charge on any atom is 0 e. The van der Waals surface area contributed by atoms with Crippen LogP contribution in [-0.4, -0.2) is 5.78 Å². The quantitative estimate of drug-likeness (QED) is 0.455. The Labute approximate surface area is 155 Å². The Morgan fingerprint density at radius 1 is 0.875 bits per heavy atom. The van der Waals surface area contributed by atoms with Gasteiger partial charge in [0.2, 0.25) is 0 Å². The first-order valence-corrected chi connectivity index (χ1v) is 7.31. The molecule has 0 unspecified atom stereocenters. The third-order valence-corrected chi connectivity index (χ3v) is 4.32. The maximum absolute atomic E-state index is 12.4. The van der Waals surface area contributed by atoms with Crippen LogP contribution in [0.25, 0.3) is 0 Å². The van der Waals surface area contributed by atoms with E-state index < -0.39 is 0 Å². The van der Waals surface area contributed by atoms with Gasteiger partial charge in [0.25, 0.3) is 0 Å². The van der Waals surface area contributed by atoms with Crippen molar-refractivity contribution in [3.8, 4) is 0 Å². The van der Waals surface area contributed by atoms with Crippen LogP contribution in [0.5, 0.6) is 0 Å². The summed E-state index contributed by atoms with van der Waals surface area (Å²) >= 11 is 1.72. The van der Waals surface area contributed by atoms with Crippen LogP contribution < -0.4 is 0 Å². The van der Waals surface area contributed by atoms with E-state index in [4.69, 9.17) is 14.0 Å². The fraction of sp³-hybridized carbons (Fsp3) is 0.111. The maximum atomic E-state index is 12.4.